The standard InChI is InChI=1S/C16H10Cl2F2N4O3S/c1-24-7-11(22-15(24)13-9(19)3-2-4-10(13)20)16(25)23-28(26,27)12-5-8(17)6-21-14(12)18/h2-7H,1H3,(H,23,25). The number of rotatable bonds is 4. The molecule has 0 saturated carbocycles. The summed E-state index contributed by atoms with van der Waals surface area (Å²) in [5.74, 6) is -3.09. The first-order valence-electron chi connectivity index (χ1n) is 7.46. The molecule has 0 bridgehead atoms. The van der Waals surface area contributed by atoms with Gasteiger partial charge in [0.1, 0.15) is 33.2 Å². The molecular weight excluding hydrogens is 437 g/mol. The third-order valence-electron chi connectivity index (χ3n) is 3.59. The van der Waals surface area contributed by atoms with Gasteiger partial charge in [0.15, 0.2) is 0 Å². The van der Waals surface area contributed by atoms with E-state index in [1.54, 1.807) is 4.72 Å². The lowest BCUT2D eigenvalue weighted by Gasteiger charge is -2.07. The van der Waals surface area contributed by atoms with E-state index in [0.717, 1.165) is 30.6 Å². The largest absolute Gasteiger partial charge is 0.333 e. The number of pyridine rings is 1. The van der Waals surface area contributed by atoms with E-state index in [2.05, 4.69) is 9.97 Å². The van der Waals surface area contributed by atoms with Crippen molar-refractivity contribution < 1.29 is 22.0 Å². The topological polar surface area (TPSA) is 94.0 Å². The van der Waals surface area contributed by atoms with Crippen LogP contribution < -0.4 is 4.72 Å². The fourth-order valence-corrected chi connectivity index (χ4v) is 3.99. The van der Waals surface area contributed by atoms with Gasteiger partial charge in [-0.05, 0) is 18.2 Å². The highest BCUT2D eigenvalue weighted by Crippen LogP contribution is 2.26. The fraction of sp³-hybridized carbons (Fsp3) is 0.0625. The zero-order chi connectivity index (χ0) is 20.6. The Morgan fingerprint density at radius 1 is 1.21 bits per heavy atom. The summed E-state index contributed by atoms with van der Waals surface area (Å²) < 4.78 is 55.7. The number of aryl methyl sites for hydroxylation is 1. The summed E-state index contributed by atoms with van der Waals surface area (Å²) in [4.78, 5) is 19.3. The monoisotopic (exact) mass is 446 g/mol. The van der Waals surface area contributed by atoms with E-state index < -0.39 is 38.0 Å². The van der Waals surface area contributed by atoms with E-state index in [9.17, 15) is 22.0 Å². The number of carbonyl (C=O) groups is 1. The Kier molecular flexibility index (Phi) is 5.37. The van der Waals surface area contributed by atoms with Gasteiger partial charge in [-0.3, -0.25) is 4.79 Å². The van der Waals surface area contributed by atoms with Crippen molar-refractivity contribution in [2.45, 2.75) is 4.90 Å². The molecule has 1 N–H and O–H groups in total. The van der Waals surface area contributed by atoms with Gasteiger partial charge in [0, 0.05) is 19.4 Å². The number of benzene rings is 1. The van der Waals surface area contributed by atoms with Gasteiger partial charge in [-0.25, -0.2) is 31.9 Å². The highest BCUT2D eigenvalue weighted by molar-refractivity contribution is 7.90. The molecule has 0 unspecified atom stereocenters. The molecule has 0 spiro atoms. The Balaban J connectivity index is 1.95. The lowest BCUT2D eigenvalue weighted by atomic mass is 10.2. The Bertz CT molecular complexity index is 1180. The van der Waals surface area contributed by atoms with Gasteiger partial charge in [-0.15, -0.1) is 0 Å². The number of hydrogen-bond donors (Lipinski definition) is 1. The van der Waals surface area contributed by atoms with Crippen molar-refractivity contribution in [1.82, 2.24) is 19.3 Å². The number of nitrogens with one attached hydrogen (secondary N) is 1. The van der Waals surface area contributed by atoms with Gasteiger partial charge < -0.3 is 4.57 Å². The maximum absolute atomic E-state index is 14.0. The van der Waals surface area contributed by atoms with Crippen molar-refractivity contribution in [1.29, 1.82) is 0 Å². The second-order valence-electron chi connectivity index (χ2n) is 5.53. The molecule has 2 heterocycles. The van der Waals surface area contributed by atoms with Gasteiger partial charge in [0.2, 0.25) is 0 Å². The van der Waals surface area contributed by atoms with Gasteiger partial charge >= 0.3 is 0 Å². The maximum Gasteiger partial charge on any atom is 0.285 e. The summed E-state index contributed by atoms with van der Waals surface area (Å²) in [7, 11) is -3.02. The Labute approximate surface area is 168 Å². The number of halogens is 4. The normalized spacial score (nSPS) is 11.5. The van der Waals surface area contributed by atoms with Crippen LogP contribution in [0.4, 0.5) is 8.78 Å². The molecule has 0 aliphatic rings. The van der Waals surface area contributed by atoms with Crippen molar-refractivity contribution in [3.63, 3.8) is 0 Å². The second-order valence-corrected chi connectivity index (χ2v) is 7.98. The molecule has 0 aliphatic heterocycles. The average molecular weight is 447 g/mol. The van der Waals surface area contributed by atoms with Crippen LogP contribution in [-0.2, 0) is 17.1 Å². The van der Waals surface area contributed by atoms with Crippen molar-refractivity contribution in [2.24, 2.45) is 7.05 Å². The van der Waals surface area contributed by atoms with Crippen LogP contribution in [0.1, 0.15) is 10.5 Å². The quantitative estimate of drug-likeness (QED) is 0.621. The first-order chi connectivity index (χ1) is 13.1. The van der Waals surface area contributed by atoms with Crippen LogP contribution in [-0.4, -0.2) is 28.9 Å². The summed E-state index contributed by atoms with van der Waals surface area (Å²) in [5.41, 5.74) is -0.830. The molecule has 7 nitrogen and oxygen atoms in total. The number of hydrogen-bond acceptors (Lipinski definition) is 5. The molecule has 1 aromatic carbocycles. The van der Waals surface area contributed by atoms with Gasteiger partial charge in [0.25, 0.3) is 15.9 Å². The summed E-state index contributed by atoms with van der Waals surface area (Å²) in [6, 6.07) is 4.27. The van der Waals surface area contributed by atoms with E-state index in [1.807, 2.05) is 0 Å². The molecule has 2 aromatic heterocycles. The first-order valence-corrected chi connectivity index (χ1v) is 9.70. The van der Waals surface area contributed by atoms with Crippen LogP contribution in [0.5, 0.6) is 0 Å². The zero-order valence-electron chi connectivity index (χ0n) is 14.0. The SMILES string of the molecule is Cn1cc(C(=O)NS(=O)(=O)c2cc(Cl)cnc2Cl)nc1-c1c(F)cccc1F. The molecule has 0 aliphatic carbocycles. The van der Waals surface area contributed by atoms with Crippen molar-refractivity contribution >= 4 is 39.1 Å². The van der Waals surface area contributed by atoms with Crippen LogP contribution >= 0.6 is 23.2 Å². The van der Waals surface area contributed by atoms with E-state index in [-0.39, 0.29) is 21.7 Å². The number of aromatic nitrogens is 3. The highest BCUT2D eigenvalue weighted by atomic mass is 35.5. The average Bonchev–Trinajstić information content (AvgIpc) is 2.98. The predicted octanol–water partition coefficient (Wildman–Crippen LogP) is 3.19. The van der Waals surface area contributed by atoms with Crippen molar-refractivity contribution in [3.05, 3.63) is 64.2 Å². The predicted molar refractivity (Wildman–Crippen MR) is 97.5 cm³/mol. The van der Waals surface area contributed by atoms with Crippen LogP contribution in [0.15, 0.2) is 41.6 Å². The lowest BCUT2D eigenvalue weighted by Crippen LogP contribution is -2.31. The van der Waals surface area contributed by atoms with Crippen molar-refractivity contribution in [3.8, 4) is 11.4 Å². The van der Waals surface area contributed by atoms with Crippen LogP contribution in [0.25, 0.3) is 11.4 Å². The number of carbonyl (C=O) groups excluding carboxylic acids is 1. The summed E-state index contributed by atoms with van der Waals surface area (Å²) in [6.45, 7) is 0. The third kappa shape index (κ3) is 3.84. The molecule has 0 saturated heterocycles. The number of sulfonamides is 1. The smallest absolute Gasteiger partial charge is 0.285 e. The lowest BCUT2D eigenvalue weighted by molar-refractivity contribution is 0.0977. The molecule has 1 amide bonds. The number of imidazole rings is 1. The van der Waals surface area contributed by atoms with E-state index in [0.29, 0.717) is 0 Å². The number of amides is 1. The van der Waals surface area contributed by atoms with Crippen LogP contribution in [0, 0.1) is 11.6 Å². The van der Waals surface area contributed by atoms with Crippen molar-refractivity contribution in [2.75, 3.05) is 0 Å². The molecule has 12 heteroatoms. The Morgan fingerprint density at radius 3 is 2.50 bits per heavy atom. The Hall–Kier alpha value is -2.56. The molecule has 0 radical (unpaired) electrons. The summed E-state index contributed by atoms with van der Waals surface area (Å²) in [6.07, 6.45) is 2.27. The number of nitrogens with zero attached hydrogens (tertiary/aromatic N) is 3. The minimum atomic E-state index is -4.42. The first kappa shape index (κ1) is 20.2. The molecule has 3 aromatic rings. The van der Waals surface area contributed by atoms with E-state index in [4.69, 9.17) is 23.2 Å². The molecule has 146 valence electrons. The van der Waals surface area contributed by atoms with Gasteiger partial charge in [-0.2, -0.15) is 0 Å². The summed E-state index contributed by atoms with van der Waals surface area (Å²) in [5, 5.41) is -0.396. The minimum Gasteiger partial charge on any atom is -0.333 e. The molecular formula is C16H10Cl2F2N4O3S. The Morgan fingerprint density at radius 2 is 1.86 bits per heavy atom. The zero-order valence-corrected chi connectivity index (χ0v) is 16.3. The summed E-state index contributed by atoms with van der Waals surface area (Å²) >= 11 is 11.5. The molecule has 28 heavy (non-hydrogen) atoms. The second kappa shape index (κ2) is 7.46. The molecule has 0 atom stereocenters. The van der Waals surface area contributed by atoms with E-state index >= 15 is 0 Å². The van der Waals surface area contributed by atoms with Gasteiger partial charge in [-0.1, -0.05) is 29.3 Å². The van der Waals surface area contributed by atoms with Crippen LogP contribution in [0.2, 0.25) is 10.2 Å². The van der Waals surface area contributed by atoms with Gasteiger partial charge in [0.05, 0.1) is 10.6 Å². The minimum absolute atomic E-state index is 0.00706. The fourth-order valence-electron chi connectivity index (χ4n) is 2.34. The highest BCUT2D eigenvalue weighted by Gasteiger charge is 2.25. The molecule has 3 rings (SSSR count). The third-order valence-corrected chi connectivity index (χ3v) is 5.55. The van der Waals surface area contributed by atoms with E-state index in [1.165, 1.54) is 17.7 Å². The maximum atomic E-state index is 14.0. The molecule has 0 fully saturated rings. The van der Waals surface area contributed by atoms with Crippen LogP contribution in [0.3, 0.4) is 0 Å².